The number of anilines is 2. The number of nitrogens with zero attached hydrogens (tertiary/aromatic N) is 3. The van der Waals surface area contributed by atoms with Crippen molar-refractivity contribution >= 4 is 45.8 Å². The van der Waals surface area contributed by atoms with Crippen molar-refractivity contribution in [3.05, 3.63) is 69.9 Å². The van der Waals surface area contributed by atoms with Crippen LogP contribution in [0.2, 0.25) is 0 Å². The molecule has 2 amide bonds. The summed E-state index contributed by atoms with van der Waals surface area (Å²) in [7, 11) is 0. The average molecular weight is 510 g/mol. The molecule has 10 heteroatoms. The highest BCUT2D eigenvalue weighted by Crippen LogP contribution is 2.30. The fraction of sp³-hybridized carbons (Fsp3) is 0.269. The van der Waals surface area contributed by atoms with E-state index in [1.54, 1.807) is 22.8 Å². The molecule has 1 aliphatic rings. The van der Waals surface area contributed by atoms with Crippen LogP contribution >= 0.6 is 11.3 Å². The third kappa shape index (κ3) is 5.14. The molecule has 2 aromatic carbocycles. The Balaban J connectivity index is 1.54. The molecule has 36 heavy (non-hydrogen) atoms. The number of carbonyl (C=O) groups is 2. The van der Waals surface area contributed by atoms with Crippen molar-refractivity contribution in [3.63, 3.8) is 0 Å². The zero-order valence-electron chi connectivity index (χ0n) is 19.6. The van der Waals surface area contributed by atoms with Crippen LogP contribution in [0.1, 0.15) is 46.3 Å². The Morgan fingerprint density at radius 1 is 1.06 bits per heavy atom. The zero-order chi connectivity index (χ0) is 25.2. The van der Waals surface area contributed by atoms with Gasteiger partial charge in [0.2, 0.25) is 11.9 Å². The first-order valence-corrected chi connectivity index (χ1v) is 12.5. The zero-order valence-corrected chi connectivity index (χ0v) is 20.4. The van der Waals surface area contributed by atoms with E-state index < -0.39 is 12.3 Å². The van der Waals surface area contributed by atoms with Crippen molar-refractivity contribution in [2.75, 3.05) is 23.7 Å². The molecular formula is C26H25F2N5O2S. The predicted molar refractivity (Wildman–Crippen MR) is 137 cm³/mol. The van der Waals surface area contributed by atoms with Gasteiger partial charge in [-0.15, -0.1) is 11.3 Å². The highest BCUT2D eigenvalue weighted by molar-refractivity contribution is 7.14. The van der Waals surface area contributed by atoms with E-state index >= 15 is 0 Å². The van der Waals surface area contributed by atoms with Crippen LogP contribution in [0.4, 0.5) is 20.4 Å². The minimum absolute atomic E-state index is 0.164. The number of amides is 2. The number of thiophene rings is 1. The Hall–Kier alpha value is -3.63. The summed E-state index contributed by atoms with van der Waals surface area (Å²) >= 11 is 0.754. The molecule has 3 heterocycles. The van der Waals surface area contributed by atoms with E-state index in [1.165, 1.54) is 31.9 Å². The molecule has 2 N–H and O–H groups in total. The maximum atomic E-state index is 13.0. The summed E-state index contributed by atoms with van der Waals surface area (Å²) in [4.78, 5) is 31.6. The Bertz CT molecular complexity index is 1420. The van der Waals surface area contributed by atoms with Crippen molar-refractivity contribution in [1.29, 1.82) is 0 Å². The van der Waals surface area contributed by atoms with Gasteiger partial charge < -0.3 is 5.32 Å². The molecule has 1 fully saturated rings. The van der Waals surface area contributed by atoms with E-state index in [0.29, 0.717) is 16.9 Å². The van der Waals surface area contributed by atoms with Gasteiger partial charge in [0.25, 0.3) is 12.3 Å². The molecular weight excluding hydrogens is 484 g/mol. The minimum atomic E-state index is -2.63. The van der Waals surface area contributed by atoms with Crippen LogP contribution in [0.15, 0.2) is 54.6 Å². The quantitative estimate of drug-likeness (QED) is 0.329. The number of alkyl halides is 2. The fourth-order valence-corrected chi connectivity index (χ4v) is 5.21. The number of rotatable bonds is 7. The molecule has 0 atom stereocenters. The summed E-state index contributed by atoms with van der Waals surface area (Å²) in [6, 6.07) is 15.9. The summed E-state index contributed by atoms with van der Waals surface area (Å²) in [6.45, 7) is 4.41. The van der Waals surface area contributed by atoms with Crippen LogP contribution in [0.25, 0.3) is 16.7 Å². The van der Waals surface area contributed by atoms with Gasteiger partial charge in [0.1, 0.15) is 0 Å². The van der Waals surface area contributed by atoms with Gasteiger partial charge in [-0.25, -0.2) is 13.8 Å². The summed E-state index contributed by atoms with van der Waals surface area (Å²) in [5.41, 5.74) is 3.88. The Morgan fingerprint density at radius 3 is 2.58 bits per heavy atom. The SMILES string of the molecule is CC(=O)Nc1cccc(-n2c(NC(=O)c3ccc(C(F)F)s3)nc3cc(CN4CCCC4)ccc32)c1. The Kier molecular flexibility index (Phi) is 6.80. The molecule has 5 rings (SSSR count). The molecule has 2 aromatic heterocycles. The van der Waals surface area contributed by atoms with Gasteiger partial charge in [0.05, 0.1) is 26.5 Å². The monoisotopic (exact) mass is 509 g/mol. The Morgan fingerprint density at radius 2 is 1.86 bits per heavy atom. The molecule has 0 radical (unpaired) electrons. The molecule has 4 aromatic rings. The third-order valence-corrected chi connectivity index (χ3v) is 7.13. The molecule has 0 bridgehead atoms. The van der Waals surface area contributed by atoms with E-state index in [0.717, 1.165) is 42.1 Å². The molecule has 1 saturated heterocycles. The molecule has 0 saturated carbocycles. The molecule has 0 aliphatic carbocycles. The van der Waals surface area contributed by atoms with E-state index in [9.17, 15) is 18.4 Å². The van der Waals surface area contributed by atoms with E-state index in [2.05, 4.69) is 21.6 Å². The van der Waals surface area contributed by atoms with Crippen molar-refractivity contribution < 1.29 is 18.4 Å². The van der Waals surface area contributed by atoms with E-state index in [-0.39, 0.29) is 21.6 Å². The van der Waals surface area contributed by atoms with Crippen LogP contribution in [-0.4, -0.2) is 39.4 Å². The summed E-state index contributed by atoms with van der Waals surface area (Å²) in [5, 5.41) is 5.57. The lowest BCUT2D eigenvalue weighted by Crippen LogP contribution is -2.18. The first kappa shape index (κ1) is 24.1. The second kappa shape index (κ2) is 10.2. The molecule has 0 spiro atoms. The summed E-state index contributed by atoms with van der Waals surface area (Å²) in [5.74, 6) is -0.450. The summed E-state index contributed by atoms with van der Waals surface area (Å²) in [6.07, 6.45) is -0.229. The number of hydrogen-bond acceptors (Lipinski definition) is 5. The fourth-order valence-electron chi connectivity index (χ4n) is 4.45. The van der Waals surface area contributed by atoms with Gasteiger partial charge in [-0.1, -0.05) is 12.1 Å². The van der Waals surface area contributed by atoms with Crippen LogP contribution in [0, 0.1) is 0 Å². The van der Waals surface area contributed by atoms with Crippen LogP contribution in [0.3, 0.4) is 0 Å². The average Bonchev–Trinajstić information content (AvgIpc) is 3.58. The standard InChI is InChI=1S/C26H25F2N5O2S/c1-16(34)29-18-5-4-6-19(14-18)33-21-8-7-17(15-32-11-2-3-12-32)13-20(21)30-26(33)31-25(35)23-10-9-22(36-23)24(27)28/h4-10,13-14,24H,2-3,11-12,15H2,1H3,(H,29,34)(H,30,31,35). The number of halogens is 2. The summed E-state index contributed by atoms with van der Waals surface area (Å²) < 4.78 is 27.9. The number of likely N-dealkylation sites (tertiary alicyclic amines) is 1. The second-order valence-electron chi connectivity index (χ2n) is 8.77. The van der Waals surface area contributed by atoms with Crippen molar-refractivity contribution in [2.45, 2.75) is 32.7 Å². The van der Waals surface area contributed by atoms with Gasteiger partial charge in [-0.2, -0.15) is 0 Å². The van der Waals surface area contributed by atoms with Gasteiger partial charge in [-0.05, 0) is 74.0 Å². The van der Waals surface area contributed by atoms with Crippen molar-refractivity contribution in [3.8, 4) is 5.69 Å². The Labute approximate surface area is 210 Å². The number of hydrogen-bond donors (Lipinski definition) is 2. The number of nitrogens with one attached hydrogen (secondary N) is 2. The minimum Gasteiger partial charge on any atom is -0.326 e. The maximum absolute atomic E-state index is 13.0. The lowest BCUT2D eigenvalue weighted by molar-refractivity contribution is -0.114. The van der Waals surface area contributed by atoms with Crippen LogP contribution < -0.4 is 10.6 Å². The molecule has 0 unspecified atom stereocenters. The second-order valence-corrected chi connectivity index (χ2v) is 9.88. The van der Waals surface area contributed by atoms with Gasteiger partial charge in [0.15, 0.2) is 0 Å². The highest BCUT2D eigenvalue weighted by Gasteiger charge is 2.20. The number of aromatic nitrogens is 2. The maximum Gasteiger partial charge on any atom is 0.272 e. The van der Waals surface area contributed by atoms with Crippen molar-refractivity contribution in [1.82, 2.24) is 14.5 Å². The van der Waals surface area contributed by atoms with Crippen LogP contribution in [-0.2, 0) is 11.3 Å². The number of carbonyl (C=O) groups excluding carboxylic acids is 2. The first-order chi connectivity index (χ1) is 17.4. The van der Waals surface area contributed by atoms with Crippen molar-refractivity contribution in [2.24, 2.45) is 0 Å². The predicted octanol–water partition coefficient (Wildman–Crippen LogP) is 5.83. The third-order valence-electron chi connectivity index (χ3n) is 6.04. The molecule has 7 nitrogen and oxygen atoms in total. The van der Waals surface area contributed by atoms with Crippen LogP contribution in [0.5, 0.6) is 0 Å². The lowest BCUT2D eigenvalue weighted by Gasteiger charge is -2.14. The van der Waals surface area contributed by atoms with E-state index in [4.69, 9.17) is 4.98 Å². The lowest BCUT2D eigenvalue weighted by atomic mass is 10.2. The molecule has 1 aliphatic heterocycles. The number of benzene rings is 2. The first-order valence-electron chi connectivity index (χ1n) is 11.7. The topological polar surface area (TPSA) is 79.3 Å². The highest BCUT2D eigenvalue weighted by atomic mass is 32.1. The smallest absolute Gasteiger partial charge is 0.272 e. The van der Waals surface area contributed by atoms with Gasteiger partial charge in [0, 0.05) is 19.2 Å². The normalized spacial score (nSPS) is 14.0. The van der Waals surface area contributed by atoms with Gasteiger partial charge in [-0.3, -0.25) is 24.4 Å². The number of imidazole rings is 1. The number of fused-ring (bicyclic) bond motifs is 1. The van der Waals surface area contributed by atoms with E-state index in [1.807, 2.05) is 18.2 Å². The largest absolute Gasteiger partial charge is 0.326 e. The molecule has 186 valence electrons. The van der Waals surface area contributed by atoms with Gasteiger partial charge >= 0.3 is 0 Å².